The molecule has 0 amide bonds. The Bertz CT molecular complexity index is 390. The first-order valence-corrected chi connectivity index (χ1v) is 6.51. The van der Waals surface area contributed by atoms with Crippen LogP contribution in [0.2, 0.25) is 0 Å². The topological polar surface area (TPSA) is 24.1 Å². The molecule has 17 heavy (non-hydrogen) atoms. The fraction of sp³-hybridized carbons (Fsp3) is 0.600. The van der Waals surface area contributed by atoms with E-state index in [2.05, 4.69) is 56.5 Å². The van der Waals surface area contributed by atoms with E-state index in [0.29, 0.717) is 6.04 Å². The zero-order valence-corrected chi connectivity index (χ0v) is 11.4. The van der Waals surface area contributed by atoms with Crippen molar-refractivity contribution in [3.05, 3.63) is 34.9 Å². The highest BCUT2D eigenvalue weighted by atomic mass is 15.0. The number of benzene rings is 1. The average molecular weight is 232 g/mol. The van der Waals surface area contributed by atoms with Crippen LogP contribution in [-0.4, -0.2) is 18.1 Å². The molecular weight excluding hydrogens is 208 g/mol. The van der Waals surface area contributed by atoms with Crippen LogP contribution in [0.4, 0.5) is 0 Å². The molecule has 1 unspecified atom stereocenters. The molecule has 1 aromatic rings. The Labute approximate surface area is 105 Å². The van der Waals surface area contributed by atoms with Crippen molar-refractivity contribution in [3.8, 4) is 0 Å². The van der Waals surface area contributed by atoms with E-state index >= 15 is 0 Å². The highest BCUT2D eigenvalue weighted by Crippen LogP contribution is 2.18. The van der Waals surface area contributed by atoms with E-state index in [1.165, 1.54) is 16.7 Å². The number of nitrogens with one attached hydrogen (secondary N) is 2. The number of hydrogen-bond acceptors (Lipinski definition) is 2. The van der Waals surface area contributed by atoms with Gasteiger partial charge in [0.05, 0.1) is 0 Å². The normalized spacial score (nSPS) is 20.1. The molecule has 0 bridgehead atoms. The highest BCUT2D eigenvalue weighted by molar-refractivity contribution is 5.33. The van der Waals surface area contributed by atoms with E-state index in [4.69, 9.17) is 0 Å². The minimum atomic E-state index is 0.204. The van der Waals surface area contributed by atoms with Crippen LogP contribution in [0.25, 0.3) is 0 Å². The largest absolute Gasteiger partial charge is 0.311 e. The van der Waals surface area contributed by atoms with Gasteiger partial charge in [0.2, 0.25) is 0 Å². The second-order valence-corrected chi connectivity index (χ2v) is 6.19. The molecule has 2 rings (SSSR count). The van der Waals surface area contributed by atoms with Crippen molar-refractivity contribution in [3.63, 3.8) is 0 Å². The second-order valence-electron chi connectivity index (χ2n) is 6.19. The molecule has 1 atom stereocenters. The zero-order chi connectivity index (χ0) is 12.5. The van der Waals surface area contributed by atoms with Crippen LogP contribution in [0.3, 0.4) is 0 Å². The lowest BCUT2D eigenvalue weighted by Gasteiger charge is -2.30. The maximum atomic E-state index is 3.61. The first-order valence-electron chi connectivity index (χ1n) is 6.51. The molecule has 2 heteroatoms. The molecule has 1 aliphatic rings. The van der Waals surface area contributed by atoms with Crippen LogP contribution in [-0.2, 0) is 13.0 Å². The van der Waals surface area contributed by atoms with Crippen LogP contribution < -0.4 is 10.6 Å². The molecule has 94 valence electrons. The van der Waals surface area contributed by atoms with Crippen molar-refractivity contribution in [2.75, 3.05) is 6.54 Å². The molecule has 0 aliphatic carbocycles. The molecule has 0 fully saturated rings. The van der Waals surface area contributed by atoms with Crippen molar-refractivity contribution < 1.29 is 0 Å². The van der Waals surface area contributed by atoms with Gasteiger partial charge in [-0.3, -0.25) is 0 Å². The summed E-state index contributed by atoms with van der Waals surface area (Å²) in [6.45, 7) is 10.9. The first kappa shape index (κ1) is 12.6. The quantitative estimate of drug-likeness (QED) is 0.818. The van der Waals surface area contributed by atoms with Gasteiger partial charge >= 0.3 is 0 Å². The minimum absolute atomic E-state index is 0.204. The molecule has 0 saturated carbocycles. The molecule has 0 saturated heterocycles. The predicted octanol–water partition coefficient (Wildman–Crippen LogP) is 2.40. The fourth-order valence-corrected chi connectivity index (χ4v) is 2.28. The third-order valence-electron chi connectivity index (χ3n) is 3.29. The maximum absolute atomic E-state index is 3.61. The van der Waals surface area contributed by atoms with E-state index in [0.717, 1.165) is 19.5 Å². The van der Waals surface area contributed by atoms with Gasteiger partial charge in [-0.15, -0.1) is 0 Å². The molecule has 2 N–H and O–H groups in total. The summed E-state index contributed by atoms with van der Waals surface area (Å²) in [5, 5.41) is 7.18. The molecule has 2 nitrogen and oxygen atoms in total. The molecule has 1 aromatic carbocycles. The van der Waals surface area contributed by atoms with E-state index in [1.54, 1.807) is 0 Å². The highest BCUT2D eigenvalue weighted by Gasteiger charge is 2.19. The molecule has 0 spiro atoms. The van der Waals surface area contributed by atoms with Crippen LogP contribution >= 0.6 is 0 Å². The average Bonchev–Trinajstić information content (AvgIpc) is 2.25. The second kappa shape index (κ2) is 4.79. The van der Waals surface area contributed by atoms with Crippen molar-refractivity contribution in [2.45, 2.75) is 52.2 Å². The Hall–Kier alpha value is -0.860. The lowest BCUT2D eigenvalue weighted by atomic mass is 9.94. The lowest BCUT2D eigenvalue weighted by molar-refractivity contribution is 0.367. The van der Waals surface area contributed by atoms with Crippen molar-refractivity contribution in [2.24, 2.45) is 0 Å². The van der Waals surface area contributed by atoms with Crippen molar-refractivity contribution in [1.29, 1.82) is 0 Å². The number of fused-ring (bicyclic) bond motifs is 1. The van der Waals surface area contributed by atoms with Gasteiger partial charge < -0.3 is 10.6 Å². The number of rotatable bonds is 2. The van der Waals surface area contributed by atoms with Crippen LogP contribution in [0.1, 0.15) is 37.5 Å². The summed E-state index contributed by atoms with van der Waals surface area (Å²) < 4.78 is 0. The third-order valence-corrected chi connectivity index (χ3v) is 3.29. The number of aryl methyl sites for hydroxylation is 1. The Morgan fingerprint density at radius 3 is 2.76 bits per heavy atom. The van der Waals surface area contributed by atoms with Gasteiger partial charge in [-0.25, -0.2) is 0 Å². The van der Waals surface area contributed by atoms with Crippen LogP contribution in [0.5, 0.6) is 0 Å². The van der Waals surface area contributed by atoms with Gasteiger partial charge in [-0.1, -0.05) is 23.8 Å². The summed E-state index contributed by atoms with van der Waals surface area (Å²) in [4.78, 5) is 0. The van der Waals surface area contributed by atoms with Crippen LogP contribution in [0.15, 0.2) is 18.2 Å². The zero-order valence-electron chi connectivity index (χ0n) is 11.4. The van der Waals surface area contributed by atoms with Crippen molar-refractivity contribution >= 4 is 0 Å². The molecule has 0 aromatic heterocycles. The number of hydrogen-bond donors (Lipinski definition) is 2. The van der Waals surface area contributed by atoms with Gasteiger partial charge in [0.25, 0.3) is 0 Å². The fourth-order valence-electron chi connectivity index (χ4n) is 2.28. The summed E-state index contributed by atoms with van der Waals surface area (Å²) in [6, 6.07) is 7.37. The molecule has 1 heterocycles. The standard InChI is InChI=1S/C15H24N2/c1-11-5-6-12-8-14(10-17-15(2,3)4)16-9-13(12)7-11/h5-7,14,16-17H,8-10H2,1-4H3. The third kappa shape index (κ3) is 3.55. The van der Waals surface area contributed by atoms with Crippen molar-refractivity contribution in [1.82, 2.24) is 10.6 Å². The predicted molar refractivity (Wildman–Crippen MR) is 73.3 cm³/mol. The monoisotopic (exact) mass is 232 g/mol. The van der Waals surface area contributed by atoms with Gasteiger partial charge in [0.1, 0.15) is 0 Å². The molecule has 1 aliphatic heterocycles. The van der Waals surface area contributed by atoms with Gasteiger partial charge in [0, 0.05) is 24.7 Å². The minimum Gasteiger partial charge on any atom is -0.311 e. The van der Waals surface area contributed by atoms with E-state index < -0.39 is 0 Å². The molecule has 0 radical (unpaired) electrons. The smallest absolute Gasteiger partial charge is 0.0236 e. The maximum Gasteiger partial charge on any atom is 0.0236 e. The lowest BCUT2D eigenvalue weighted by Crippen LogP contribution is -2.48. The summed E-state index contributed by atoms with van der Waals surface area (Å²) in [5.74, 6) is 0. The van der Waals surface area contributed by atoms with E-state index in [1.807, 2.05) is 0 Å². The van der Waals surface area contributed by atoms with Gasteiger partial charge in [0.15, 0.2) is 0 Å². The Morgan fingerprint density at radius 1 is 1.29 bits per heavy atom. The Kier molecular flexibility index (Phi) is 3.55. The van der Waals surface area contributed by atoms with Crippen LogP contribution in [0, 0.1) is 6.92 Å². The van der Waals surface area contributed by atoms with Gasteiger partial charge in [-0.2, -0.15) is 0 Å². The van der Waals surface area contributed by atoms with Gasteiger partial charge in [-0.05, 0) is 45.2 Å². The van der Waals surface area contributed by atoms with E-state index in [-0.39, 0.29) is 5.54 Å². The molecular formula is C15H24N2. The first-order chi connectivity index (χ1) is 7.94. The summed E-state index contributed by atoms with van der Waals surface area (Å²) in [6.07, 6.45) is 1.14. The summed E-state index contributed by atoms with van der Waals surface area (Å²) in [5.41, 5.74) is 4.54. The van der Waals surface area contributed by atoms with E-state index in [9.17, 15) is 0 Å². The Morgan fingerprint density at radius 2 is 2.06 bits per heavy atom. The summed E-state index contributed by atoms with van der Waals surface area (Å²) >= 11 is 0. The summed E-state index contributed by atoms with van der Waals surface area (Å²) in [7, 11) is 0. The SMILES string of the molecule is Cc1ccc2c(c1)CNC(CNC(C)(C)C)C2. The Balaban J connectivity index is 1.97.